The molecule has 0 radical (unpaired) electrons. The van der Waals surface area contributed by atoms with E-state index in [9.17, 15) is 14.4 Å². The van der Waals surface area contributed by atoms with Crippen LogP contribution in [0.25, 0.3) is 10.9 Å². The minimum Gasteiger partial charge on any atom is -0.376 e. The number of amides is 2. The fourth-order valence-electron chi connectivity index (χ4n) is 4.17. The zero-order chi connectivity index (χ0) is 23.2. The van der Waals surface area contributed by atoms with E-state index in [4.69, 9.17) is 4.74 Å². The first-order valence-corrected chi connectivity index (χ1v) is 11.2. The summed E-state index contributed by atoms with van der Waals surface area (Å²) in [7, 11) is 0. The van der Waals surface area contributed by atoms with Crippen molar-refractivity contribution in [3.05, 3.63) is 76.3 Å². The third-order valence-corrected chi connectivity index (χ3v) is 5.76. The zero-order valence-corrected chi connectivity index (χ0v) is 18.6. The van der Waals surface area contributed by atoms with Crippen LogP contribution in [-0.2, 0) is 20.9 Å². The standard InChI is InChI=1S/C25H28N4O4/c1-17(30)26-22(18-8-3-2-4-9-18)14-24(31)29(15-19-10-7-13-33-19)16-23-27-21-12-6-5-11-20(21)25(32)28-23/h2-6,8-9,11-12,19,22H,7,10,13-16H2,1H3,(H,26,30)(H,27,28,32)/t19-,22-/m1/s1. The monoisotopic (exact) mass is 448 g/mol. The lowest BCUT2D eigenvalue weighted by molar-refractivity contribution is -0.134. The molecule has 2 amide bonds. The molecule has 0 saturated carbocycles. The summed E-state index contributed by atoms with van der Waals surface area (Å²) < 4.78 is 5.76. The van der Waals surface area contributed by atoms with E-state index >= 15 is 0 Å². The second-order valence-corrected chi connectivity index (χ2v) is 8.31. The number of hydrogen-bond acceptors (Lipinski definition) is 5. The Morgan fingerprint density at radius 3 is 2.67 bits per heavy atom. The number of rotatable bonds is 8. The molecular formula is C25H28N4O4. The van der Waals surface area contributed by atoms with Crippen molar-refractivity contribution in [2.45, 2.75) is 44.9 Å². The molecule has 1 fully saturated rings. The van der Waals surface area contributed by atoms with E-state index in [1.54, 1.807) is 23.1 Å². The highest BCUT2D eigenvalue weighted by Gasteiger charge is 2.26. The SMILES string of the molecule is CC(=O)N[C@H](CC(=O)N(Cc1nc2ccccc2c(=O)[nH]1)C[C@H]1CCCO1)c1ccccc1. The second-order valence-electron chi connectivity index (χ2n) is 8.31. The molecule has 2 heterocycles. The van der Waals surface area contributed by atoms with Gasteiger partial charge in [-0.05, 0) is 30.5 Å². The van der Waals surface area contributed by atoms with Crippen molar-refractivity contribution >= 4 is 22.7 Å². The van der Waals surface area contributed by atoms with Gasteiger partial charge in [-0.1, -0.05) is 42.5 Å². The lowest BCUT2D eigenvalue weighted by atomic mass is 10.0. The summed E-state index contributed by atoms with van der Waals surface area (Å²) in [4.78, 5) is 46.8. The summed E-state index contributed by atoms with van der Waals surface area (Å²) in [6.07, 6.45) is 1.86. The molecule has 2 aromatic carbocycles. The van der Waals surface area contributed by atoms with Gasteiger partial charge < -0.3 is 19.9 Å². The van der Waals surface area contributed by atoms with Gasteiger partial charge in [-0.15, -0.1) is 0 Å². The van der Waals surface area contributed by atoms with Gasteiger partial charge in [-0.25, -0.2) is 4.98 Å². The third-order valence-electron chi connectivity index (χ3n) is 5.76. The summed E-state index contributed by atoms with van der Waals surface area (Å²) >= 11 is 0. The average Bonchev–Trinajstić information content (AvgIpc) is 3.32. The Labute approximate surface area is 192 Å². The molecule has 3 aromatic rings. The minimum atomic E-state index is -0.452. The summed E-state index contributed by atoms with van der Waals surface area (Å²) in [5.74, 6) is 0.0626. The molecule has 172 valence electrons. The normalized spacial score (nSPS) is 16.5. The molecule has 2 N–H and O–H groups in total. The Hall–Kier alpha value is -3.52. The Morgan fingerprint density at radius 1 is 1.18 bits per heavy atom. The van der Waals surface area contributed by atoms with E-state index in [0.29, 0.717) is 29.9 Å². The van der Waals surface area contributed by atoms with E-state index in [2.05, 4.69) is 15.3 Å². The number of carbonyl (C=O) groups excluding carboxylic acids is 2. The number of aromatic amines is 1. The number of fused-ring (bicyclic) bond motifs is 1. The van der Waals surface area contributed by atoms with E-state index in [-0.39, 0.29) is 36.4 Å². The first-order chi connectivity index (χ1) is 16.0. The molecular weight excluding hydrogens is 420 g/mol. The molecule has 0 unspecified atom stereocenters. The molecule has 1 aromatic heterocycles. The van der Waals surface area contributed by atoms with Crippen LogP contribution in [0.2, 0.25) is 0 Å². The number of benzene rings is 2. The van der Waals surface area contributed by atoms with Gasteiger partial charge >= 0.3 is 0 Å². The molecule has 0 spiro atoms. The van der Waals surface area contributed by atoms with Gasteiger partial charge in [0.2, 0.25) is 11.8 Å². The fraction of sp³-hybridized carbons (Fsp3) is 0.360. The lowest BCUT2D eigenvalue weighted by Crippen LogP contribution is -2.40. The molecule has 1 saturated heterocycles. The highest BCUT2D eigenvalue weighted by atomic mass is 16.5. The molecule has 0 bridgehead atoms. The summed E-state index contributed by atoms with van der Waals surface area (Å²) in [5, 5.41) is 3.39. The van der Waals surface area contributed by atoms with Gasteiger partial charge in [-0.2, -0.15) is 0 Å². The van der Waals surface area contributed by atoms with Crippen molar-refractivity contribution in [2.24, 2.45) is 0 Å². The number of aromatic nitrogens is 2. The summed E-state index contributed by atoms with van der Waals surface area (Å²) in [5.41, 5.74) is 1.21. The van der Waals surface area contributed by atoms with E-state index < -0.39 is 6.04 Å². The first kappa shape index (κ1) is 22.7. The van der Waals surface area contributed by atoms with E-state index in [1.807, 2.05) is 36.4 Å². The number of nitrogens with one attached hydrogen (secondary N) is 2. The molecule has 8 heteroatoms. The highest BCUT2D eigenvalue weighted by Crippen LogP contribution is 2.21. The van der Waals surface area contributed by atoms with Crippen LogP contribution in [-0.4, -0.2) is 45.9 Å². The van der Waals surface area contributed by atoms with Crippen LogP contribution in [0, 0.1) is 0 Å². The number of carbonyl (C=O) groups is 2. The maximum Gasteiger partial charge on any atom is 0.258 e. The van der Waals surface area contributed by atoms with Crippen LogP contribution in [0.5, 0.6) is 0 Å². The Morgan fingerprint density at radius 2 is 1.94 bits per heavy atom. The van der Waals surface area contributed by atoms with Crippen LogP contribution in [0.3, 0.4) is 0 Å². The van der Waals surface area contributed by atoms with Crippen molar-refractivity contribution in [2.75, 3.05) is 13.2 Å². The number of H-pyrrole nitrogens is 1. The number of para-hydroxylation sites is 1. The molecule has 1 aliphatic rings. The van der Waals surface area contributed by atoms with Gasteiger partial charge in [0.1, 0.15) is 5.82 Å². The maximum atomic E-state index is 13.4. The predicted molar refractivity (Wildman–Crippen MR) is 124 cm³/mol. The van der Waals surface area contributed by atoms with Gasteiger partial charge in [-0.3, -0.25) is 14.4 Å². The van der Waals surface area contributed by atoms with Crippen LogP contribution in [0.15, 0.2) is 59.4 Å². The predicted octanol–water partition coefficient (Wildman–Crippen LogP) is 2.70. The van der Waals surface area contributed by atoms with Crippen molar-refractivity contribution in [1.82, 2.24) is 20.2 Å². The van der Waals surface area contributed by atoms with Gasteiger partial charge in [0.25, 0.3) is 5.56 Å². The van der Waals surface area contributed by atoms with Gasteiger partial charge in [0, 0.05) is 20.1 Å². The van der Waals surface area contributed by atoms with E-state index in [0.717, 1.165) is 18.4 Å². The second kappa shape index (κ2) is 10.4. The first-order valence-electron chi connectivity index (χ1n) is 11.2. The largest absolute Gasteiger partial charge is 0.376 e. The van der Waals surface area contributed by atoms with Crippen LogP contribution in [0.1, 0.15) is 43.6 Å². The van der Waals surface area contributed by atoms with Crippen molar-refractivity contribution in [3.8, 4) is 0 Å². The van der Waals surface area contributed by atoms with Crippen LogP contribution < -0.4 is 10.9 Å². The topological polar surface area (TPSA) is 104 Å². The number of ether oxygens (including phenoxy) is 1. The number of hydrogen-bond donors (Lipinski definition) is 2. The van der Waals surface area contributed by atoms with Gasteiger partial charge in [0.15, 0.2) is 0 Å². The fourth-order valence-corrected chi connectivity index (χ4v) is 4.17. The van der Waals surface area contributed by atoms with Crippen LogP contribution in [0.4, 0.5) is 0 Å². The smallest absolute Gasteiger partial charge is 0.258 e. The van der Waals surface area contributed by atoms with Crippen molar-refractivity contribution in [1.29, 1.82) is 0 Å². The highest BCUT2D eigenvalue weighted by molar-refractivity contribution is 5.80. The van der Waals surface area contributed by atoms with E-state index in [1.165, 1.54) is 6.92 Å². The molecule has 4 rings (SSSR count). The minimum absolute atomic E-state index is 0.0583. The summed E-state index contributed by atoms with van der Waals surface area (Å²) in [6, 6.07) is 16.1. The maximum absolute atomic E-state index is 13.4. The Kier molecular flexibility index (Phi) is 7.14. The quantitative estimate of drug-likeness (QED) is 0.551. The number of nitrogens with zero attached hydrogens (tertiary/aromatic N) is 2. The molecule has 0 aliphatic carbocycles. The third kappa shape index (κ3) is 5.84. The van der Waals surface area contributed by atoms with Gasteiger partial charge in [0.05, 0.1) is 36.0 Å². The van der Waals surface area contributed by atoms with Crippen molar-refractivity contribution < 1.29 is 14.3 Å². The zero-order valence-electron chi connectivity index (χ0n) is 18.6. The molecule has 33 heavy (non-hydrogen) atoms. The Balaban J connectivity index is 1.58. The molecule has 8 nitrogen and oxygen atoms in total. The average molecular weight is 449 g/mol. The lowest BCUT2D eigenvalue weighted by Gasteiger charge is -2.27. The molecule has 1 aliphatic heterocycles. The van der Waals surface area contributed by atoms with Crippen molar-refractivity contribution in [3.63, 3.8) is 0 Å². The van der Waals surface area contributed by atoms with Crippen LogP contribution >= 0.6 is 0 Å². The molecule has 2 atom stereocenters. The Bertz CT molecular complexity index is 1170. The summed E-state index contributed by atoms with van der Waals surface area (Å²) in [6.45, 7) is 2.67.